The van der Waals surface area contributed by atoms with Crippen molar-refractivity contribution in [2.24, 2.45) is 5.73 Å². The van der Waals surface area contributed by atoms with E-state index in [2.05, 4.69) is 0 Å². The summed E-state index contributed by atoms with van der Waals surface area (Å²) in [6.45, 7) is 1.94. The van der Waals surface area contributed by atoms with Gasteiger partial charge >= 0.3 is 0 Å². The molecule has 0 aliphatic carbocycles. The standard InChI is InChI=1S/C15H15ClFNS/c1-10(18)11-4-2-6-13(8-11)19-9-12-5-3-7-14(16)15(12)17/h2-8,10H,9,18H2,1H3. The van der Waals surface area contributed by atoms with Gasteiger partial charge < -0.3 is 5.73 Å². The van der Waals surface area contributed by atoms with E-state index in [0.29, 0.717) is 11.3 Å². The van der Waals surface area contributed by atoms with E-state index in [9.17, 15) is 4.39 Å². The van der Waals surface area contributed by atoms with E-state index in [1.807, 2.05) is 31.2 Å². The van der Waals surface area contributed by atoms with Gasteiger partial charge in [0.15, 0.2) is 0 Å². The molecule has 0 spiro atoms. The molecule has 0 aliphatic heterocycles. The lowest BCUT2D eigenvalue weighted by atomic mass is 10.1. The zero-order chi connectivity index (χ0) is 13.8. The van der Waals surface area contributed by atoms with Crippen LogP contribution in [-0.4, -0.2) is 0 Å². The third kappa shape index (κ3) is 3.72. The van der Waals surface area contributed by atoms with Gasteiger partial charge in [-0.05, 0) is 36.2 Å². The van der Waals surface area contributed by atoms with Crippen LogP contribution in [0, 0.1) is 5.82 Å². The smallest absolute Gasteiger partial charge is 0.145 e. The molecule has 2 rings (SSSR count). The monoisotopic (exact) mass is 295 g/mol. The summed E-state index contributed by atoms with van der Waals surface area (Å²) in [5.41, 5.74) is 7.54. The van der Waals surface area contributed by atoms with Gasteiger partial charge in [-0.2, -0.15) is 0 Å². The number of hydrogen-bond donors (Lipinski definition) is 1. The summed E-state index contributed by atoms with van der Waals surface area (Å²) in [4.78, 5) is 1.08. The Kier molecular flexibility index (Phi) is 4.86. The van der Waals surface area contributed by atoms with Gasteiger partial charge in [-0.1, -0.05) is 35.9 Å². The number of benzene rings is 2. The molecule has 0 aliphatic rings. The SMILES string of the molecule is CC(N)c1cccc(SCc2cccc(Cl)c2F)c1. The molecule has 0 fully saturated rings. The average Bonchev–Trinajstić information content (AvgIpc) is 2.41. The van der Waals surface area contributed by atoms with Crippen molar-refractivity contribution in [2.75, 3.05) is 0 Å². The van der Waals surface area contributed by atoms with Crippen LogP contribution in [0.2, 0.25) is 5.02 Å². The van der Waals surface area contributed by atoms with Crippen LogP contribution in [0.15, 0.2) is 47.4 Å². The minimum Gasteiger partial charge on any atom is -0.324 e. The lowest BCUT2D eigenvalue weighted by Gasteiger charge is -2.08. The highest BCUT2D eigenvalue weighted by molar-refractivity contribution is 7.98. The van der Waals surface area contributed by atoms with Gasteiger partial charge in [-0.25, -0.2) is 4.39 Å². The molecule has 2 aromatic carbocycles. The topological polar surface area (TPSA) is 26.0 Å². The second kappa shape index (κ2) is 6.42. The molecular weight excluding hydrogens is 281 g/mol. The quantitative estimate of drug-likeness (QED) is 0.821. The molecule has 4 heteroatoms. The fourth-order valence-electron chi connectivity index (χ4n) is 1.71. The fourth-order valence-corrected chi connectivity index (χ4v) is 2.84. The van der Waals surface area contributed by atoms with Gasteiger partial charge in [0.2, 0.25) is 0 Å². The highest BCUT2D eigenvalue weighted by atomic mass is 35.5. The predicted octanol–water partition coefficient (Wildman–Crippen LogP) is 4.79. The van der Waals surface area contributed by atoms with Gasteiger partial charge in [0.25, 0.3) is 0 Å². The minimum absolute atomic E-state index is 0.00320. The Bertz CT molecular complexity index is 572. The number of hydrogen-bond acceptors (Lipinski definition) is 2. The van der Waals surface area contributed by atoms with E-state index in [1.54, 1.807) is 30.0 Å². The first kappa shape index (κ1) is 14.4. The van der Waals surface area contributed by atoms with Crippen molar-refractivity contribution in [1.82, 2.24) is 0 Å². The molecule has 1 unspecified atom stereocenters. The highest BCUT2D eigenvalue weighted by Crippen LogP contribution is 2.28. The third-order valence-electron chi connectivity index (χ3n) is 2.81. The molecule has 0 saturated heterocycles. The zero-order valence-corrected chi connectivity index (χ0v) is 12.1. The van der Waals surface area contributed by atoms with Crippen LogP contribution in [0.4, 0.5) is 4.39 Å². The Labute approximate surface area is 122 Å². The van der Waals surface area contributed by atoms with Crippen LogP contribution >= 0.6 is 23.4 Å². The normalized spacial score (nSPS) is 12.4. The van der Waals surface area contributed by atoms with Crippen molar-refractivity contribution in [1.29, 1.82) is 0 Å². The van der Waals surface area contributed by atoms with Crippen LogP contribution in [0.5, 0.6) is 0 Å². The zero-order valence-electron chi connectivity index (χ0n) is 10.6. The van der Waals surface area contributed by atoms with Crippen molar-refractivity contribution in [3.05, 3.63) is 64.4 Å². The van der Waals surface area contributed by atoms with Crippen LogP contribution in [0.25, 0.3) is 0 Å². The predicted molar refractivity (Wildman–Crippen MR) is 80.0 cm³/mol. The Morgan fingerprint density at radius 2 is 2.00 bits per heavy atom. The van der Waals surface area contributed by atoms with Crippen molar-refractivity contribution in [3.8, 4) is 0 Å². The molecule has 0 saturated carbocycles. The fraction of sp³-hybridized carbons (Fsp3) is 0.200. The molecule has 0 aromatic heterocycles. The number of halogens is 2. The Morgan fingerprint density at radius 3 is 2.74 bits per heavy atom. The van der Waals surface area contributed by atoms with E-state index < -0.39 is 0 Å². The highest BCUT2D eigenvalue weighted by Gasteiger charge is 2.07. The van der Waals surface area contributed by atoms with Crippen molar-refractivity contribution < 1.29 is 4.39 Å². The van der Waals surface area contributed by atoms with E-state index in [0.717, 1.165) is 10.5 Å². The Balaban J connectivity index is 2.10. The Morgan fingerprint density at radius 1 is 1.26 bits per heavy atom. The first-order chi connectivity index (χ1) is 9.08. The largest absolute Gasteiger partial charge is 0.324 e. The summed E-state index contributed by atoms with van der Waals surface area (Å²) in [5, 5.41) is 0.169. The summed E-state index contributed by atoms with van der Waals surface area (Å²) in [5.74, 6) is 0.217. The average molecular weight is 296 g/mol. The molecule has 0 radical (unpaired) electrons. The van der Waals surface area contributed by atoms with Gasteiger partial charge in [-0.15, -0.1) is 11.8 Å². The Hall–Kier alpha value is -1.03. The molecule has 19 heavy (non-hydrogen) atoms. The van der Waals surface area contributed by atoms with Crippen LogP contribution < -0.4 is 5.73 Å². The van der Waals surface area contributed by atoms with E-state index in [1.165, 1.54) is 0 Å². The molecule has 2 aromatic rings. The third-order valence-corrected chi connectivity index (χ3v) is 4.14. The van der Waals surface area contributed by atoms with Gasteiger partial charge in [0.05, 0.1) is 5.02 Å². The molecule has 0 bridgehead atoms. The van der Waals surface area contributed by atoms with Crippen molar-refractivity contribution >= 4 is 23.4 Å². The number of thioether (sulfide) groups is 1. The second-order valence-electron chi connectivity index (χ2n) is 4.36. The molecule has 1 nitrogen and oxygen atoms in total. The molecule has 100 valence electrons. The molecule has 0 heterocycles. The van der Waals surface area contributed by atoms with Crippen molar-refractivity contribution in [3.63, 3.8) is 0 Å². The van der Waals surface area contributed by atoms with Crippen LogP contribution in [-0.2, 0) is 5.75 Å². The summed E-state index contributed by atoms with van der Waals surface area (Å²) >= 11 is 7.34. The van der Waals surface area contributed by atoms with Gasteiger partial charge in [0, 0.05) is 16.7 Å². The summed E-state index contributed by atoms with van der Waals surface area (Å²) in [6, 6.07) is 13.1. The maximum absolute atomic E-state index is 13.7. The lowest BCUT2D eigenvalue weighted by Crippen LogP contribution is -2.04. The first-order valence-corrected chi connectivity index (χ1v) is 7.35. The summed E-state index contributed by atoms with van der Waals surface area (Å²) < 4.78 is 13.7. The van der Waals surface area contributed by atoms with Crippen LogP contribution in [0.3, 0.4) is 0 Å². The van der Waals surface area contributed by atoms with Crippen LogP contribution in [0.1, 0.15) is 24.1 Å². The second-order valence-corrected chi connectivity index (χ2v) is 5.82. The molecule has 0 amide bonds. The van der Waals surface area contributed by atoms with Crippen molar-refractivity contribution in [2.45, 2.75) is 23.6 Å². The van der Waals surface area contributed by atoms with E-state index in [-0.39, 0.29) is 16.9 Å². The van der Waals surface area contributed by atoms with Gasteiger partial charge in [-0.3, -0.25) is 0 Å². The summed E-state index contributed by atoms with van der Waals surface area (Å²) in [6.07, 6.45) is 0. The first-order valence-electron chi connectivity index (χ1n) is 5.99. The van der Waals surface area contributed by atoms with E-state index in [4.69, 9.17) is 17.3 Å². The molecule has 2 N–H and O–H groups in total. The number of rotatable bonds is 4. The summed E-state index contributed by atoms with van der Waals surface area (Å²) in [7, 11) is 0. The lowest BCUT2D eigenvalue weighted by molar-refractivity contribution is 0.618. The minimum atomic E-state index is -0.333. The number of nitrogens with two attached hydrogens (primary N) is 1. The van der Waals surface area contributed by atoms with E-state index >= 15 is 0 Å². The maximum Gasteiger partial charge on any atom is 0.145 e. The van der Waals surface area contributed by atoms with Gasteiger partial charge in [0.1, 0.15) is 5.82 Å². The molecular formula is C15H15ClFNS. The molecule has 1 atom stereocenters. The maximum atomic E-state index is 13.7.